The van der Waals surface area contributed by atoms with Crippen LogP contribution in [-0.4, -0.2) is 51.0 Å². The lowest BCUT2D eigenvalue weighted by Crippen LogP contribution is -2.45. The second-order valence-corrected chi connectivity index (χ2v) is 5.15. The molecule has 1 aromatic rings. The lowest BCUT2D eigenvalue weighted by atomic mass is 10.2. The zero-order chi connectivity index (χ0) is 13.3. The summed E-state index contributed by atoms with van der Waals surface area (Å²) in [7, 11) is 0. The molecule has 0 bridgehead atoms. The summed E-state index contributed by atoms with van der Waals surface area (Å²) in [5.74, 6) is -0.710. The van der Waals surface area contributed by atoms with Gasteiger partial charge < -0.3 is 5.11 Å². The van der Waals surface area contributed by atoms with Crippen molar-refractivity contribution in [3.05, 3.63) is 29.6 Å². The zero-order valence-corrected chi connectivity index (χ0v) is 11.0. The normalized spacial score (nSPS) is 17.8. The summed E-state index contributed by atoms with van der Waals surface area (Å²) in [6.07, 6.45) is 3.34. The molecule has 2 atom stereocenters. The van der Waals surface area contributed by atoms with Crippen LogP contribution in [0.4, 0.5) is 0 Å². The highest BCUT2D eigenvalue weighted by Gasteiger charge is 2.41. The molecule has 1 aliphatic heterocycles. The number of thioether (sulfide) groups is 1. The van der Waals surface area contributed by atoms with E-state index in [1.54, 1.807) is 19.1 Å². The van der Waals surface area contributed by atoms with Crippen LogP contribution in [-0.2, 0) is 0 Å². The third-order valence-electron chi connectivity index (χ3n) is 3.11. The van der Waals surface area contributed by atoms with Gasteiger partial charge in [0.2, 0.25) is 0 Å². The molecule has 6 heteroatoms. The smallest absolute Gasteiger partial charge is 0.280 e. The van der Waals surface area contributed by atoms with Crippen molar-refractivity contribution in [3.63, 3.8) is 0 Å². The highest BCUT2D eigenvalue weighted by atomic mass is 32.2. The molecule has 0 saturated carbocycles. The Kier molecular flexibility index (Phi) is 3.68. The van der Waals surface area contributed by atoms with Crippen LogP contribution in [0, 0.1) is 0 Å². The number of aliphatic hydroxyl groups excluding tert-OH is 1. The average Bonchev–Trinajstić information content (AvgIpc) is 2.64. The first-order valence-electron chi connectivity index (χ1n) is 5.58. The van der Waals surface area contributed by atoms with E-state index in [4.69, 9.17) is 0 Å². The van der Waals surface area contributed by atoms with Crippen LogP contribution in [0.5, 0.6) is 0 Å². The van der Waals surface area contributed by atoms with Crippen LogP contribution in [0.3, 0.4) is 0 Å². The van der Waals surface area contributed by atoms with Crippen molar-refractivity contribution in [1.29, 1.82) is 0 Å². The average molecular weight is 266 g/mol. The van der Waals surface area contributed by atoms with Crippen LogP contribution >= 0.6 is 11.8 Å². The van der Waals surface area contributed by atoms with Gasteiger partial charge in [-0.2, -0.15) is 11.8 Å². The molecule has 2 unspecified atom stereocenters. The van der Waals surface area contributed by atoms with Gasteiger partial charge in [-0.25, -0.2) is 0 Å². The van der Waals surface area contributed by atoms with Gasteiger partial charge in [0.15, 0.2) is 0 Å². The molecule has 1 aromatic heterocycles. The zero-order valence-electron chi connectivity index (χ0n) is 10.2. The van der Waals surface area contributed by atoms with E-state index >= 15 is 0 Å². The number of amides is 2. The third-order valence-corrected chi connectivity index (χ3v) is 4.25. The molecule has 0 aliphatic carbocycles. The fourth-order valence-corrected chi connectivity index (χ4v) is 2.71. The Balaban J connectivity index is 2.33. The highest BCUT2D eigenvalue weighted by molar-refractivity contribution is 7.99. The molecular formula is C12H14N2O3S. The lowest BCUT2D eigenvalue weighted by molar-refractivity contribution is 0.0580. The summed E-state index contributed by atoms with van der Waals surface area (Å²) in [6.45, 7) is 1.68. The van der Waals surface area contributed by atoms with Crippen LogP contribution in [0.25, 0.3) is 0 Å². The molecule has 18 heavy (non-hydrogen) atoms. The van der Waals surface area contributed by atoms with Crippen LogP contribution in [0.15, 0.2) is 18.3 Å². The van der Waals surface area contributed by atoms with Crippen molar-refractivity contribution >= 4 is 23.6 Å². The second-order valence-electron chi connectivity index (χ2n) is 4.08. The lowest BCUT2D eigenvalue weighted by Gasteiger charge is -2.27. The number of carbonyl (C=O) groups is 2. The van der Waals surface area contributed by atoms with E-state index in [0.717, 1.165) is 0 Å². The highest BCUT2D eigenvalue weighted by Crippen LogP contribution is 2.26. The molecule has 0 radical (unpaired) electrons. The van der Waals surface area contributed by atoms with Gasteiger partial charge >= 0.3 is 0 Å². The topological polar surface area (TPSA) is 70.5 Å². The SMILES string of the molecule is CSC(CO)C(C)N1C(=O)c2cccnc2C1=O. The first-order valence-corrected chi connectivity index (χ1v) is 6.87. The van der Waals surface area contributed by atoms with E-state index in [9.17, 15) is 14.7 Å². The van der Waals surface area contributed by atoms with Gasteiger partial charge in [0.1, 0.15) is 5.69 Å². The fourth-order valence-electron chi connectivity index (χ4n) is 2.04. The van der Waals surface area contributed by atoms with Gasteiger partial charge in [-0.3, -0.25) is 19.5 Å². The number of aromatic nitrogens is 1. The summed E-state index contributed by atoms with van der Waals surface area (Å²) < 4.78 is 0. The van der Waals surface area contributed by atoms with E-state index in [-0.39, 0.29) is 35.4 Å². The van der Waals surface area contributed by atoms with Gasteiger partial charge in [0.05, 0.1) is 18.2 Å². The second kappa shape index (κ2) is 5.07. The molecule has 0 fully saturated rings. The number of nitrogens with zero attached hydrogens (tertiary/aromatic N) is 2. The maximum absolute atomic E-state index is 12.2. The quantitative estimate of drug-likeness (QED) is 0.816. The molecule has 1 aliphatic rings. The predicted molar refractivity (Wildman–Crippen MR) is 68.6 cm³/mol. The minimum Gasteiger partial charge on any atom is -0.395 e. The molecule has 2 amide bonds. The van der Waals surface area contributed by atoms with Crippen molar-refractivity contribution in [1.82, 2.24) is 9.88 Å². The molecular weight excluding hydrogens is 252 g/mol. The predicted octanol–water partition coefficient (Wildman–Crippen LogP) is 0.790. The number of aliphatic hydroxyl groups is 1. The maximum Gasteiger partial charge on any atom is 0.280 e. The van der Waals surface area contributed by atoms with Crippen molar-refractivity contribution in [3.8, 4) is 0 Å². The summed E-state index contributed by atoms with van der Waals surface area (Å²) in [5.41, 5.74) is 0.541. The summed E-state index contributed by atoms with van der Waals surface area (Å²) in [6, 6.07) is 2.87. The van der Waals surface area contributed by atoms with Crippen LogP contribution in [0.2, 0.25) is 0 Å². The molecule has 0 aromatic carbocycles. The Morgan fingerprint density at radius 2 is 2.17 bits per heavy atom. The van der Waals surface area contributed by atoms with Crippen LogP contribution in [0.1, 0.15) is 27.8 Å². The molecule has 1 N–H and O–H groups in total. The van der Waals surface area contributed by atoms with Gasteiger partial charge in [0.25, 0.3) is 11.8 Å². The van der Waals surface area contributed by atoms with E-state index in [1.807, 2.05) is 6.26 Å². The van der Waals surface area contributed by atoms with E-state index in [2.05, 4.69) is 4.98 Å². The number of pyridine rings is 1. The first-order chi connectivity index (χ1) is 8.61. The molecule has 5 nitrogen and oxygen atoms in total. The Hall–Kier alpha value is -1.40. The Morgan fingerprint density at radius 1 is 1.44 bits per heavy atom. The number of rotatable bonds is 4. The molecule has 0 saturated heterocycles. The number of hydrogen-bond acceptors (Lipinski definition) is 5. The fraction of sp³-hybridized carbons (Fsp3) is 0.417. The maximum atomic E-state index is 12.2. The van der Waals surface area contributed by atoms with Gasteiger partial charge in [0, 0.05) is 11.4 Å². The van der Waals surface area contributed by atoms with Crippen molar-refractivity contribution in [2.75, 3.05) is 12.9 Å². The van der Waals surface area contributed by atoms with Crippen molar-refractivity contribution in [2.24, 2.45) is 0 Å². The van der Waals surface area contributed by atoms with Gasteiger partial charge in [-0.15, -0.1) is 0 Å². The van der Waals surface area contributed by atoms with Crippen LogP contribution < -0.4 is 0 Å². The molecule has 96 valence electrons. The summed E-state index contributed by atoms with van der Waals surface area (Å²) in [4.78, 5) is 29.4. The molecule has 2 heterocycles. The monoisotopic (exact) mass is 266 g/mol. The Bertz CT molecular complexity index is 453. The molecule has 2 rings (SSSR count). The van der Waals surface area contributed by atoms with Gasteiger partial charge in [-0.05, 0) is 25.3 Å². The molecule has 0 spiro atoms. The number of carbonyl (C=O) groups excluding carboxylic acids is 2. The standard InChI is InChI=1S/C12H14N2O3S/c1-7(9(6-15)18-2)14-11(16)8-4-3-5-13-10(8)12(14)17/h3-5,7,9,15H,6H2,1-2H3. The van der Waals surface area contributed by atoms with E-state index in [1.165, 1.54) is 22.9 Å². The largest absolute Gasteiger partial charge is 0.395 e. The summed E-state index contributed by atoms with van der Waals surface area (Å²) in [5, 5.41) is 9.07. The minimum atomic E-state index is -0.379. The summed E-state index contributed by atoms with van der Waals surface area (Å²) >= 11 is 1.43. The Morgan fingerprint density at radius 3 is 2.72 bits per heavy atom. The van der Waals surface area contributed by atoms with E-state index in [0.29, 0.717) is 5.56 Å². The van der Waals surface area contributed by atoms with Crippen molar-refractivity contribution in [2.45, 2.75) is 18.2 Å². The van der Waals surface area contributed by atoms with Crippen molar-refractivity contribution < 1.29 is 14.7 Å². The number of hydrogen-bond donors (Lipinski definition) is 1. The minimum absolute atomic E-state index is 0.0802. The number of imide groups is 1. The number of fused-ring (bicyclic) bond motifs is 1. The third kappa shape index (κ3) is 1.91. The van der Waals surface area contributed by atoms with Gasteiger partial charge in [-0.1, -0.05) is 0 Å². The Labute approximate surface area is 109 Å². The van der Waals surface area contributed by atoms with E-state index < -0.39 is 0 Å². The first kappa shape index (κ1) is 13.0.